The fourth-order valence-electron chi connectivity index (χ4n) is 3.79. The minimum atomic E-state index is -0.932. The molecule has 168 valence electrons. The number of benzene rings is 2. The van der Waals surface area contributed by atoms with Gasteiger partial charge in [0.05, 0.1) is 23.4 Å². The molecule has 1 atom stereocenters. The predicted molar refractivity (Wildman–Crippen MR) is 128 cm³/mol. The molecule has 1 aliphatic heterocycles. The van der Waals surface area contributed by atoms with Crippen molar-refractivity contribution in [3.63, 3.8) is 0 Å². The second kappa shape index (κ2) is 8.96. The SMILES string of the molecule is COc1ccc(Cl)c(/C(O)=C2\C(=O)C(=O)N(c3ccc(N(C)C)cc3)C2c2ccccn2)c1. The molecule has 0 bridgehead atoms. The number of nitrogens with zero attached hydrogens (tertiary/aromatic N) is 3. The normalized spacial score (nSPS) is 17.3. The van der Waals surface area contributed by atoms with E-state index in [0.29, 0.717) is 17.1 Å². The number of rotatable bonds is 5. The molecule has 8 heteroatoms. The Labute approximate surface area is 196 Å². The summed E-state index contributed by atoms with van der Waals surface area (Å²) in [5.74, 6) is -1.52. The molecule has 2 aromatic carbocycles. The van der Waals surface area contributed by atoms with Gasteiger partial charge in [0, 0.05) is 37.2 Å². The molecule has 0 saturated carbocycles. The van der Waals surface area contributed by atoms with Gasteiger partial charge in [0.25, 0.3) is 11.7 Å². The third-order valence-electron chi connectivity index (χ3n) is 5.49. The molecule has 0 spiro atoms. The van der Waals surface area contributed by atoms with Crippen LogP contribution in [0.5, 0.6) is 5.75 Å². The first kappa shape index (κ1) is 22.4. The van der Waals surface area contributed by atoms with Crippen molar-refractivity contribution < 1.29 is 19.4 Å². The highest BCUT2D eigenvalue weighted by molar-refractivity contribution is 6.52. The molecule has 33 heavy (non-hydrogen) atoms. The van der Waals surface area contributed by atoms with Gasteiger partial charge >= 0.3 is 0 Å². The molecular formula is C25H22ClN3O4. The Balaban J connectivity index is 1.92. The van der Waals surface area contributed by atoms with E-state index in [1.807, 2.05) is 31.1 Å². The first-order valence-electron chi connectivity index (χ1n) is 10.2. The number of aliphatic hydroxyl groups is 1. The zero-order valence-corrected chi connectivity index (χ0v) is 19.1. The molecule has 1 saturated heterocycles. The lowest BCUT2D eigenvalue weighted by Crippen LogP contribution is -2.29. The largest absolute Gasteiger partial charge is 0.507 e. The van der Waals surface area contributed by atoms with Crippen LogP contribution < -0.4 is 14.5 Å². The highest BCUT2D eigenvalue weighted by Gasteiger charge is 2.47. The minimum absolute atomic E-state index is 0.0921. The van der Waals surface area contributed by atoms with E-state index in [1.54, 1.807) is 48.7 Å². The van der Waals surface area contributed by atoms with Crippen LogP contribution in [-0.4, -0.2) is 43.0 Å². The van der Waals surface area contributed by atoms with E-state index in [2.05, 4.69) is 4.98 Å². The van der Waals surface area contributed by atoms with E-state index in [1.165, 1.54) is 18.1 Å². The van der Waals surface area contributed by atoms with E-state index >= 15 is 0 Å². The number of amides is 1. The van der Waals surface area contributed by atoms with Crippen molar-refractivity contribution in [2.45, 2.75) is 6.04 Å². The van der Waals surface area contributed by atoms with Crippen molar-refractivity contribution in [3.8, 4) is 5.75 Å². The molecule has 1 amide bonds. The molecular weight excluding hydrogens is 442 g/mol. The predicted octanol–water partition coefficient (Wildman–Crippen LogP) is 4.44. The average molecular weight is 464 g/mol. The molecule has 1 N–H and O–H groups in total. The van der Waals surface area contributed by atoms with Gasteiger partial charge in [-0.25, -0.2) is 0 Å². The lowest BCUT2D eigenvalue weighted by atomic mass is 9.98. The molecule has 1 aromatic heterocycles. The Bertz CT molecular complexity index is 1240. The topological polar surface area (TPSA) is 83.0 Å². The number of halogens is 1. The summed E-state index contributed by atoms with van der Waals surface area (Å²) >= 11 is 6.32. The molecule has 7 nitrogen and oxygen atoms in total. The summed E-state index contributed by atoms with van der Waals surface area (Å²) in [5, 5.41) is 11.4. The first-order chi connectivity index (χ1) is 15.8. The second-order valence-corrected chi connectivity index (χ2v) is 8.09. The third kappa shape index (κ3) is 4.03. The van der Waals surface area contributed by atoms with E-state index in [9.17, 15) is 14.7 Å². The van der Waals surface area contributed by atoms with Gasteiger partial charge in [-0.2, -0.15) is 0 Å². The fraction of sp³-hybridized carbons (Fsp3) is 0.160. The van der Waals surface area contributed by atoms with Crippen LogP contribution >= 0.6 is 11.6 Å². The van der Waals surface area contributed by atoms with Crippen molar-refractivity contribution in [1.29, 1.82) is 0 Å². The Kier molecular flexibility index (Phi) is 6.07. The number of ether oxygens (including phenoxy) is 1. The van der Waals surface area contributed by atoms with Gasteiger partial charge in [0.2, 0.25) is 0 Å². The molecule has 1 fully saturated rings. The maximum Gasteiger partial charge on any atom is 0.300 e. The molecule has 1 unspecified atom stereocenters. The summed E-state index contributed by atoms with van der Waals surface area (Å²) in [6.07, 6.45) is 1.57. The van der Waals surface area contributed by atoms with Gasteiger partial charge in [0.1, 0.15) is 17.6 Å². The molecule has 0 radical (unpaired) electrons. The number of aromatic nitrogens is 1. The zero-order chi connectivity index (χ0) is 23.7. The van der Waals surface area contributed by atoms with Crippen LogP contribution in [0.3, 0.4) is 0 Å². The van der Waals surface area contributed by atoms with Crippen LogP contribution in [0.25, 0.3) is 5.76 Å². The summed E-state index contributed by atoms with van der Waals surface area (Å²) in [6.45, 7) is 0. The van der Waals surface area contributed by atoms with Crippen molar-refractivity contribution >= 4 is 40.4 Å². The summed E-state index contributed by atoms with van der Waals surface area (Å²) < 4.78 is 5.23. The third-order valence-corrected chi connectivity index (χ3v) is 5.81. The highest BCUT2D eigenvalue weighted by atomic mass is 35.5. The number of hydrogen-bond acceptors (Lipinski definition) is 6. The summed E-state index contributed by atoms with van der Waals surface area (Å²) in [5.41, 5.74) is 1.99. The maximum atomic E-state index is 13.2. The molecule has 3 aromatic rings. The Hall–Kier alpha value is -3.84. The van der Waals surface area contributed by atoms with Crippen molar-refractivity contribution in [2.75, 3.05) is 31.0 Å². The smallest absolute Gasteiger partial charge is 0.300 e. The number of hydrogen-bond donors (Lipinski definition) is 1. The molecule has 1 aliphatic rings. The number of carbonyl (C=O) groups excluding carboxylic acids is 2. The van der Waals surface area contributed by atoms with E-state index in [4.69, 9.17) is 16.3 Å². The number of ketones is 1. The van der Waals surface area contributed by atoms with Crippen LogP contribution in [0.15, 0.2) is 72.4 Å². The standard InChI is InChI=1S/C25H22ClN3O4/c1-28(2)15-7-9-16(10-8-15)29-22(20-6-4-5-13-27-20)21(24(31)25(29)32)23(30)18-14-17(33-3)11-12-19(18)26/h4-14,22,30H,1-3H3/b23-21+. The number of aliphatic hydroxyl groups excluding tert-OH is 1. The number of anilines is 2. The van der Waals surface area contributed by atoms with Crippen LogP contribution in [0.4, 0.5) is 11.4 Å². The molecule has 2 heterocycles. The van der Waals surface area contributed by atoms with Crippen LogP contribution in [0, 0.1) is 0 Å². The van der Waals surface area contributed by atoms with Crippen LogP contribution in [0.1, 0.15) is 17.3 Å². The summed E-state index contributed by atoms with van der Waals surface area (Å²) in [6, 6.07) is 16.2. The van der Waals surface area contributed by atoms with Gasteiger partial charge in [-0.15, -0.1) is 0 Å². The number of carbonyl (C=O) groups is 2. The summed E-state index contributed by atoms with van der Waals surface area (Å²) in [7, 11) is 5.30. The Morgan fingerprint density at radius 3 is 2.42 bits per heavy atom. The highest BCUT2D eigenvalue weighted by Crippen LogP contribution is 2.43. The van der Waals surface area contributed by atoms with Gasteiger partial charge in [-0.3, -0.25) is 19.5 Å². The zero-order valence-electron chi connectivity index (χ0n) is 18.3. The molecule has 4 rings (SSSR count). The van der Waals surface area contributed by atoms with Crippen LogP contribution in [0.2, 0.25) is 5.02 Å². The maximum absolute atomic E-state index is 13.2. The van der Waals surface area contributed by atoms with Gasteiger partial charge < -0.3 is 14.7 Å². The monoisotopic (exact) mass is 463 g/mol. The Morgan fingerprint density at radius 1 is 1.09 bits per heavy atom. The lowest BCUT2D eigenvalue weighted by molar-refractivity contribution is -0.132. The molecule has 0 aliphatic carbocycles. The quantitative estimate of drug-likeness (QED) is 0.342. The minimum Gasteiger partial charge on any atom is -0.507 e. The van der Waals surface area contributed by atoms with Crippen LogP contribution in [-0.2, 0) is 9.59 Å². The van der Waals surface area contributed by atoms with E-state index in [0.717, 1.165) is 5.69 Å². The average Bonchev–Trinajstić information content (AvgIpc) is 3.10. The Morgan fingerprint density at radius 2 is 1.82 bits per heavy atom. The summed E-state index contributed by atoms with van der Waals surface area (Å²) in [4.78, 5) is 34.1. The van der Waals surface area contributed by atoms with E-state index in [-0.39, 0.29) is 21.9 Å². The lowest BCUT2D eigenvalue weighted by Gasteiger charge is -2.25. The van der Waals surface area contributed by atoms with Crippen molar-refractivity contribution in [2.24, 2.45) is 0 Å². The number of pyridine rings is 1. The first-order valence-corrected chi connectivity index (χ1v) is 10.5. The van der Waals surface area contributed by atoms with E-state index < -0.39 is 17.7 Å². The van der Waals surface area contributed by atoms with Crippen molar-refractivity contribution in [1.82, 2.24) is 4.98 Å². The van der Waals surface area contributed by atoms with Crippen molar-refractivity contribution in [3.05, 3.63) is 88.7 Å². The number of methoxy groups -OCH3 is 1. The van der Waals surface area contributed by atoms with Gasteiger partial charge in [-0.1, -0.05) is 17.7 Å². The van der Waals surface area contributed by atoms with Gasteiger partial charge in [-0.05, 0) is 54.6 Å². The number of Topliss-reactive ketones (excluding diaryl/α,β-unsaturated/α-hetero) is 1. The van der Waals surface area contributed by atoms with Gasteiger partial charge in [0.15, 0.2) is 0 Å². The second-order valence-electron chi connectivity index (χ2n) is 7.68. The fourth-order valence-corrected chi connectivity index (χ4v) is 3.99.